The smallest absolute Gasteiger partial charge is 0.329 e. The van der Waals surface area contributed by atoms with Gasteiger partial charge < -0.3 is 39.7 Å². The predicted octanol–water partition coefficient (Wildman–Crippen LogP) is 4.46. The van der Waals surface area contributed by atoms with E-state index in [0.717, 1.165) is 11.1 Å². The molecule has 0 radical (unpaired) electrons. The van der Waals surface area contributed by atoms with Gasteiger partial charge in [0.1, 0.15) is 30.2 Å². The van der Waals surface area contributed by atoms with Gasteiger partial charge >= 0.3 is 11.9 Å². The van der Waals surface area contributed by atoms with Crippen molar-refractivity contribution in [2.24, 2.45) is 23.7 Å². The number of cyclic esters (lactones) is 2. The van der Waals surface area contributed by atoms with Gasteiger partial charge in [-0.2, -0.15) is 0 Å². The minimum absolute atomic E-state index is 0.0150. The molecule has 6 amide bonds. The molecule has 2 N–H and O–H groups in total. The first-order valence-corrected chi connectivity index (χ1v) is 25.2. The number of rotatable bonds is 9. The topological polar surface area (TPSA) is 192 Å². The number of carbonyl (C=O) groups is 8. The molecule has 6 rings (SSSR count). The Morgan fingerprint density at radius 2 is 1.13 bits per heavy atom. The van der Waals surface area contributed by atoms with Crippen molar-refractivity contribution in [2.45, 2.75) is 161 Å². The Hall–Kier alpha value is -5.80. The number of benzene rings is 2. The fourth-order valence-corrected chi connectivity index (χ4v) is 10.6. The van der Waals surface area contributed by atoms with Crippen LogP contribution >= 0.6 is 0 Å². The van der Waals surface area contributed by atoms with Gasteiger partial charge in [0, 0.05) is 39.1 Å². The third kappa shape index (κ3) is 12.3. The number of hydrogen-bond donors (Lipinski definition) is 2. The van der Waals surface area contributed by atoms with Crippen LogP contribution in [0.1, 0.15) is 111 Å². The zero-order valence-electron chi connectivity index (χ0n) is 41.8. The number of nitrogens with one attached hydrogen (secondary N) is 2. The number of carbonyl (C=O) groups excluding carboxylic acids is 8. The van der Waals surface area contributed by atoms with Crippen LogP contribution in [0.4, 0.5) is 0 Å². The van der Waals surface area contributed by atoms with Crippen molar-refractivity contribution < 1.29 is 47.8 Å². The second kappa shape index (κ2) is 23.7. The highest BCUT2D eigenvalue weighted by Gasteiger charge is 2.47. The van der Waals surface area contributed by atoms with E-state index in [0.29, 0.717) is 51.4 Å². The summed E-state index contributed by atoms with van der Waals surface area (Å²) in [6.07, 6.45) is 1.24. The number of amides is 6. The molecule has 0 aromatic heterocycles. The van der Waals surface area contributed by atoms with Crippen LogP contribution in [0.3, 0.4) is 0 Å². The van der Waals surface area contributed by atoms with Gasteiger partial charge in [0.05, 0.1) is 5.92 Å². The first-order valence-electron chi connectivity index (χ1n) is 25.2. The summed E-state index contributed by atoms with van der Waals surface area (Å²) in [5.74, 6) is -6.82. The minimum Gasteiger partial charge on any atom is -0.452 e. The van der Waals surface area contributed by atoms with Crippen LogP contribution in [0, 0.1) is 23.7 Å². The second-order valence-electron chi connectivity index (χ2n) is 20.3. The van der Waals surface area contributed by atoms with Gasteiger partial charge in [-0.05, 0) is 87.2 Å². The van der Waals surface area contributed by atoms with Crippen LogP contribution < -0.4 is 10.6 Å². The van der Waals surface area contributed by atoms with Crippen molar-refractivity contribution in [2.75, 3.05) is 26.7 Å². The van der Waals surface area contributed by atoms with E-state index < -0.39 is 120 Å². The lowest BCUT2D eigenvalue weighted by Gasteiger charge is -2.38. The van der Waals surface area contributed by atoms with Crippen LogP contribution in [-0.2, 0) is 60.7 Å². The lowest BCUT2D eigenvalue weighted by Crippen LogP contribution is -2.60. The van der Waals surface area contributed by atoms with Crippen LogP contribution in [0.25, 0.3) is 0 Å². The van der Waals surface area contributed by atoms with Crippen LogP contribution in [0.2, 0.25) is 0 Å². The molecule has 4 fully saturated rings. The molecule has 2 aromatic carbocycles. The van der Waals surface area contributed by atoms with E-state index in [2.05, 4.69) is 10.6 Å². The van der Waals surface area contributed by atoms with E-state index in [1.165, 1.54) is 26.6 Å². The van der Waals surface area contributed by atoms with Crippen molar-refractivity contribution in [1.82, 2.24) is 30.2 Å². The predicted molar refractivity (Wildman–Crippen MR) is 258 cm³/mol. The molecule has 16 heteroatoms. The largest absolute Gasteiger partial charge is 0.452 e. The maximum absolute atomic E-state index is 15.0. The molecule has 4 aliphatic rings. The molecule has 4 saturated heterocycles. The maximum atomic E-state index is 15.0. The highest BCUT2D eigenvalue weighted by molar-refractivity contribution is 5.97. The Balaban J connectivity index is 1.40. The van der Waals surface area contributed by atoms with Gasteiger partial charge in [-0.15, -0.1) is 0 Å². The van der Waals surface area contributed by atoms with Crippen molar-refractivity contribution >= 4 is 47.4 Å². The molecule has 69 heavy (non-hydrogen) atoms. The van der Waals surface area contributed by atoms with E-state index in [1.807, 2.05) is 74.5 Å². The first-order chi connectivity index (χ1) is 32.9. The number of fused-ring (bicyclic) bond motifs is 3. The van der Waals surface area contributed by atoms with Gasteiger partial charge in [0.25, 0.3) is 11.8 Å². The van der Waals surface area contributed by atoms with Gasteiger partial charge in [0.15, 0.2) is 12.2 Å². The molecule has 0 saturated carbocycles. The average molecular weight is 955 g/mol. The summed E-state index contributed by atoms with van der Waals surface area (Å²) in [5.41, 5.74) is 1.67. The Bertz CT molecular complexity index is 2150. The summed E-state index contributed by atoms with van der Waals surface area (Å²) < 4.78 is 12.2. The molecule has 2 aromatic rings. The van der Waals surface area contributed by atoms with Gasteiger partial charge in [0.2, 0.25) is 23.6 Å². The van der Waals surface area contributed by atoms with Gasteiger partial charge in [-0.25, -0.2) is 4.79 Å². The highest BCUT2D eigenvalue weighted by Crippen LogP contribution is 2.29. The second-order valence-corrected chi connectivity index (χ2v) is 20.3. The molecule has 0 bridgehead atoms. The molecule has 0 unspecified atom stereocenters. The third-order valence-electron chi connectivity index (χ3n) is 14.5. The summed E-state index contributed by atoms with van der Waals surface area (Å²) in [7, 11) is 1.49. The number of esters is 2. The minimum atomic E-state index is -1.34. The Morgan fingerprint density at radius 3 is 1.68 bits per heavy atom. The zero-order chi connectivity index (χ0) is 50.1. The number of nitrogens with zero attached hydrogens (tertiary/aromatic N) is 4. The quantitative estimate of drug-likeness (QED) is 0.340. The van der Waals surface area contributed by atoms with E-state index in [1.54, 1.807) is 34.6 Å². The number of hydrogen-bond acceptors (Lipinski definition) is 10. The van der Waals surface area contributed by atoms with Crippen LogP contribution in [0.15, 0.2) is 60.7 Å². The van der Waals surface area contributed by atoms with Crippen LogP contribution in [0.5, 0.6) is 0 Å². The first kappa shape index (κ1) is 52.6. The van der Waals surface area contributed by atoms with Crippen molar-refractivity contribution in [3.05, 3.63) is 71.8 Å². The maximum Gasteiger partial charge on any atom is 0.329 e. The lowest BCUT2D eigenvalue weighted by atomic mass is 9.92. The molecule has 0 aliphatic carbocycles. The third-order valence-corrected chi connectivity index (χ3v) is 14.5. The van der Waals surface area contributed by atoms with Crippen LogP contribution in [-0.4, -0.2) is 142 Å². The zero-order valence-corrected chi connectivity index (χ0v) is 41.8. The average Bonchev–Trinajstić information content (AvgIpc) is 4.14. The van der Waals surface area contributed by atoms with E-state index in [4.69, 9.17) is 9.47 Å². The summed E-state index contributed by atoms with van der Waals surface area (Å²) in [4.78, 5) is 122. The molecule has 4 heterocycles. The SMILES string of the molecule is CCC[C@H]1NC(=O)[C@@H]2CCCN2C(=O)[C@@H]([C@H](C)Cc2ccccc2)NC(=O)[C@@H]2CCCN2C(=O)[C@@H](C(C)C)N(C)C(=O)[C@H](C(C)C)OC(=O)[C@@H]2CCCN2C(=O)[C@H](Cc2ccccc2)OC(=O)[C@@H]1C. The lowest BCUT2D eigenvalue weighted by molar-refractivity contribution is -0.173. The van der Waals surface area contributed by atoms with Crippen molar-refractivity contribution in [3.8, 4) is 0 Å². The fraction of sp³-hybridized carbons (Fsp3) is 0.623. The normalized spacial score (nSPS) is 28.9. The van der Waals surface area contributed by atoms with Gasteiger partial charge in [-0.3, -0.25) is 33.6 Å². The van der Waals surface area contributed by atoms with E-state index in [9.17, 15) is 38.4 Å². The summed E-state index contributed by atoms with van der Waals surface area (Å²) in [6, 6.07) is 12.9. The molecule has 16 nitrogen and oxygen atoms in total. The Morgan fingerprint density at radius 1 is 0.609 bits per heavy atom. The fourth-order valence-electron chi connectivity index (χ4n) is 10.6. The summed E-state index contributed by atoms with van der Waals surface area (Å²) >= 11 is 0. The molecular formula is C53H74N6O10. The highest BCUT2D eigenvalue weighted by atomic mass is 16.6. The van der Waals surface area contributed by atoms with Crippen molar-refractivity contribution in [1.29, 1.82) is 0 Å². The monoisotopic (exact) mass is 955 g/mol. The standard InChI is InChI=1S/C53H74N6O10/c1-9-19-38-35(7)52(66)68-42(31-37-22-14-11-15-23-37)48(62)59-29-18-26-41(59)53(67)69-45(33(4)5)51(65)56(8)44(32(2)3)50(64)58-28-17-25-40(58)47(61)55-43(34(6)30-36-20-12-10-13-21-36)49(63)57-27-16-24-39(57)46(60)54-38/h10-15,20-23,32-35,38-45H,9,16-19,24-31H2,1-8H3,(H,54,60)(H,55,61)/t34-,35-,38-,39+,40+,41+,42+,43-,44-,45+/m1/s1. The number of likely N-dealkylation sites (N-methyl/N-ethyl adjacent to an activating group) is 1. The van der Waals surface area contributed by atoms with Crippen molar-refractivity contribution in [3.63, 3.8) is 0 Å². The van der Waals surface area contributed by atoms with E-state index in [-0.39, 0.29) is 32.5 Å². The van der Waals surface area contributed by atoms with Gasteiger partial charge in [-0.1, -0.05) is 109 Å². The molecule has 4 aliphatic heterocycles. The molecule has 0 spiro atoms. The molecule has 10 atom stereocenters. The number of ether oxygens (including phenoxy) is 2. The molecule has 376 valence electrons. The van der Waals surface area contributed by atoms with E-state index >= 15 is 0 Å². The molecular weight excluding hydrogens is 881 g/mol. The summed E-state index contributed by atoms with van der Waals surface area (Å²) in [5, 5.41) is 6.13. The Kier molecular flexibility index (Phi) is 18.0. The summed E-state index contributed by atoms with van der Waals surface area (Å²) in [6.45, 7) is 13.2. The Labute approximate surface area is 407 Å².